The standard InChI is InChI=1S/C71H122O12/c1-4-7-10-13-16-19-22-25-28-31-32-35-36-39-42-45-48-51-54-57-63(72)79-60-62(81-64(73)58-55-52-49-46-43-40-37-33-29-26-23-20-17-14-11-8-5-2)61-80-71-69(67(76)66(75)68(83-71)70(77)78)82-65(74)59-56-53-50-47-44-41-38-34-30-27-24-21-18-15-12-9-6-3/h8,11,17-18,20-21,25-30,62,66-69,71,75-76H,4-7,9-10,12-16,19,22-24,31-61H2,1-3H3,(H,77,78)/b11-8-,20-17-,21-18-,28-25-,29-26-,30-27-. The number of hydrogen-bond acceptors (Lipinski definition) is 11. The number of ether oxygens (including phenoxy) is 5. The van der Waals surface area contributed by atoms with Gasteiger partial charge in [0.2, 0.25) is 0 Å². The first-order chi connectivity index (χ1) is 40.6. The summed E-state index contributed by atoms with van der Waals surface area (Å²) >= 11 is 0. The number of allylic oxidation sites excluding steroid dienone is 12. The third kappa shape index (κ3) is 48.0. The normalized spacial score (nSPS) is 18.0. The molecule has 0 aliphatic carbocycles. The van der Waals surface area contributed by atoms with Gasteiger partial charge in [-0.1, -0.05) is 248 Å². The first-order valence-corrected chi connectivity index (χ1v) is 33.9. The summed E-state index contributed by atoms with van der Waals surface area (Å²) in [6.07, 6.45) is 62.8. The molecule has 0 bridgehead atoms. The summed E-state index contributed by atoms with van der Waals surface area (Å²) in [7, 11) is 0. The first kappa shape index (κ1) is 77.2. The first-order valence-electron chi connectivity index (χ1n) is 33.9. The molecule has 12 nitrogen and oxygen atoms in total. The van der Waals surface area contributed by atoms with Crippen LogP contribution in [0.5, 0.6) is 0 Å². The molecule has 6 atom stereocenters. The number of hydrogen-bond donors (Lipinski definition) is 3. The van der Waals surface area contributed by atoms with Crippen LogP contribution in [0.4, 0.5) is 0 Å². The molecule has 1 saturated heterocycles. The summed E-state index contributed by atoms with van der Waals surface area (Å²) in [6, 6.07) is 0. The Morgan fingerprint density at radius 1 is 0.410 bits per heavy atom. The molecule has 478 valence electrons. The van der Waals surface area contributed by atoms with E-state index in [0.29, 0.717) is 19.3 Å². The smallest absolute Gasteiger partial charge is 0.335 e. The van der Waals surface area contributed by atoms with E-state index in [2.05, 4.69) is 93.7 Å². The third-order valence-corrected chi connectivity index (χ3v) is 15.2. The van der Waals surface area contributed by atoms with Gasteiger partial charge in [0.25, 0.3) is 0 Å². The molecule has 1 rings (SSSR count). The largest absolute Gasteiger partial charge is 0.479 e. The average molecular weight is 1170 g/mol. The number of carbonyl (C=O) groups excluding carboxylic acids is 3. The maximum atomic E-state index is 13.2. The van der Waals surface area contributed by atoms with E-state index in [1.807, 2.05) is 0 Å². The molecule has 12 heteroatoms. The fourth-order valence-electron chi connectivity index (χ4n) is 10.1. The highest BCUT2D eigenvalue weighted by Gasteiger charge is 2.50. The van der Waals surface area contributed by atoms with Crippen molar-refractivity contribution in [2.75, 3.05) is 13.2 Å². The van der Waals surface area contributed by atoms with Crippen LogP contribution in [-0.4, -0.2) is 89.2 Å². The van der Waals surface area contributed by atoms with Gasteiger partial charge in [0, 0.05) is 19.3 Å². The van der Waals surface area contributed by atoms with Gasteiger partial charge in [0.1, 0.15) is 18.8 Å². The third-order valence-electron chi connectivity index (χ3n) is 15.2. The lowest BCUT2D eigenvalue weighted by atomic mass is 9.98. The molecule has 0 radical (unpaired) electrons. The van der Waals surface area contributed by atoms with Gasteiger partial charge in [-0.25, -0.2) is 4.79 Å². The van der Waals surface area contributed by atoms with Crippen LogP contribution >= 0.6 is 0 Å². The van der Waals surface area contributed by atoms with Gasteiger partial charge in [-0.05, 0) is 109 Å². The molecule has 1 heterocycles. The summed E-state index contributed by atoms with van der Waals surface area (Å²) in [5, 5.41) is 31.6. The van der Waals surface area contributed by atoms with Crippen molar-refractivity contribution in [3.63, 3.8) is 0 Å². The zero-order valence-electron chi connectivity index (χ0n) is 52.9. The molecule has 1 fully saturated rings. The van der Waals surface area contributed by atoms with Crippen molar-refractivity contribution in [1.82, 2.24) is 0 Å². The number of esters is 3. The number of aliphatic hydroxyl groups is 2. The molecule has 83 heavy (non-hydrogen) atoms. The van der Waals surface area contributed by atoms with E-state index in [1.165, 1.54) is 103 Å². The van der Waals surface area contributed by atoms with Gasteiger partial charge in [-0.3, -0.25) is 14.4 Å². The summed E-state index contributed by atoms with van der Waals surface area (Å²) in [5.41, 5.74) is 0. The summed E-state index contributed by atoms with van der Waals surface area (Å²) in [5.74, 6) is -3.13. The SMILES string of the molecule is CC/C=C\C/C=C\C/C=C\CCCCCCCCCC(=O)OC(COC(=O)CCCCCCCCCCC/C=C\CCCCCCCC)COC1OC(C(=O)O)C(O)C(O)C1OC(=O)CCCCCCCCC/C=C\C/C=C\CCCCC. The van der Waals surface area contributed by atoms with Gasteiger partial charge < -0.3 is 39.0 Å². The topological polar surface area (TPSA) is 175 Å². The molecule has 0 aromatic carbocycles. The zero-order chi connectivity index (χ0) is 60.3. The van der Waals surface area contributed by atoms with Crippen LogP contribution in [0.1, 0.15) is 303 Å². The van der Waals surface area contributed by atoms with Gasteiger partial charge in [0.15, 0.2) is 24.6 Å². The van der Waals surface area contributed by atoms with E-state index in [-0.39, 0.29) is 25.9 Å². The van der Waals surface area contributed by atoms with Crippen LogP contribution in [0.3, 0.4) is 0 Å². The number of carboxylic acids is 1. The summed E-state index contributed by atoms with van der Waals surface area (Å²) in [6.45, 7) is 5.88. The van der Waals surface area contributed by atoms with Crippen molar-refractivity contribution < 1.29 is 58.2 Å². The van der Waals surface area contributed by atoms with Crippen molar-refractivity contribution in [2.45, 2.75) is 340 Å². The predicted molar refractivity (Wildman–Crippen MR) is 340 cm³/mol. The monoisotopic (exact) mass is 1170 g/mol. The van der Waals surface area contributed by atoms with E-state index < -0.39 is 67.3 Å². The van der Waals surface area contributed by atoms with Crippen molar-refractivity contribution in [3.05, 3.63) is 72.9 Å². The Morgan fingerprint density at radius 2 is 0.759 bits per heavy atom. The van der Waals surface area contributed by atoms with E-state index >= 15 is 0 Å². The Bertz CT molecular complexity index is 1720. The Balaban J connectivity index is 2.65. The van der Waals surface area contributed by atoms with Crippen molar-refractivity contribution in [3.8, 4) is 0 Å². The average Bonchev–Trinajstić information content (AvgIpc) is 3.59. The molecule has 0 spiro atoms. The highest BCUT2D eigenvalue weighted by Crippen LogP contribution is 2.27. The molecule has 3 N–H and O–H groups in total. The minimum absolute atomic E-state index is 0.0494. The van der Waals surface area contributed by atoms with E-state index in [4.69, 9.17) is 23.7 Å². The second-order valence-corrected chi connectivity index (χ2v) is 23.1. The van der Waals surface area contributed by atoms with Crippen LogP contribution in [0, 0.1) is 0 Å². The molecule has 1 aliphatic rings. The molecule has 0 amide bonds. The number of aliphatic hydroxyl groups excluding tert-OH is 2. The number of unbranched alkanes of at least 4 members (excludes halogenated alkanes) is 32. The molecular weight excluding hydrogens is 1040 g/mol. The quantitative estimate of drug-likeness (QED) is 0.0228. The van der Waals surface area contributed by atoms with Crippen LogP contribution in [0.15, 0.2) is 72.9 Å². The fraction of sp³-hybridized carbons (Fsp3) is 0.775. The predicted octanol–water partition coefficient (Wildman–Crippen LogP) is 18.5. The molecule has 6 unspecified atom stereocenters. The van der Waals surface area contributed by atoms with Crippen molar-refractivity contribution in [1.29, 1.82) is 0 Å². The fourth-order valence-corrected chi connectivity index (χ4v) is 10.1. The highest BCUT2D eigenvalue weighted by atomic mass is 16.7. The highest BCUT2D eigenvalue weighted by molar-refractivity contribution is 5.74. The van der Waals surface area contributed by atoms with E-state index in [1.54, 1.807) is 0 Å². The van der Waals surface area contributed by atoms with Gasteiger partial charge in [-0.15, -0.1) is 0 Å². The van der Waals surface area contributed by atoms with Crippen LogP contribution in [0.25, 0.3) is 0 Å². The van der Waals surface area contributed by atoms with Crippen LogP contribution in [-0.2, 0) is 42.9 Å². The molecule has 1 aliphatic heterocycles. The van der Waals surface area contributed by atoms with Crippen LogP contribution in [0.2, 0.25) is 0 Å². The Kier molecular flexibility index (Phi) is 54.4. The maximum Gasteiger partial charge on any atom is 0.335 e. The van der Waals surface area contributed by atoms with E-state index in [0.717, 1.165) is 141 Å². The Morgan fingerprint density at radius 3 is 1.19 bits per heavy atom. The van der Waals surface area contributed by atoms with Crippen molar-refractivity contribution >= 4 is 23.9 Å². The van der Waals surface area contributed by atoms with Crippen LogP contribution < -0.4 is 0 Å². The van der Waals surface area contributed by atoms with Gasteiger partial charge in [0.05, 0.1) is 6.61 Å². The number of aliphatic carboxylic acids is 1. The lowest BCUT2D eigenvalue weighted by Crippen LogP contribution is -2.61. The summed E-state index contributed by atoms with van der Waals surface area (Å²) < 4.78 is 28.6. The lowest BCUT2D eigenvalue weighted by molar-refractivity contribution is -0.301. The Labute approximate surface area is 506 Å². The minimum atomic E-state index is -1.91. The Hall–Kier alpha value is -3.84. The number of carbonyl (C=O) groups is 4. The van der Waals surface area contributed by atoms with Crippen molar-refractivity contribution in [2.24, 2.45) is 0 Å². The van der Waals surface area contributed by atoms with Gasteiger partial charge >= 0.3 is 23.9 Å². The second kappa shape index (κ2) is 58.5. The minimum Gasteiger partial charge on any atom is -0.479 e. The molecule has 0 aromatic rings. The number of carboxylic acid groups (broad SMARTS) is 1. The van der Waals surface area contributed by atoms with E-state index in [9.17, 15) is 34.5 Å². The number of rotatable bonds is 58. The lowest BCUT2D eigenvalue weighted by Gasteiger charge is -2.40. The summed E-state index contributed by atoms with van der Waals surface area (Å²) in [4.78, 5) is 51.4. The molecule has 0 aromatic heterocycles. The zero-order valence-corrected chi connectivity index (χ0v) is 52.9. The maximum absolute atomic E-state index is 13.2. The van der Waals surface area contributed by atoms with Gasteiger partial charge in [-0.2, -0.15) is 0 Å². The molecular formula is C71H122O12. The second-order valence-electron chi connectivity index (χ2n) is 23.1. The molecule has 0 saturated carbocycles.